The van der Waals surface area contributed by atoms with Gasteiger partial charge in [0.15, 0.2) is 0 Å². The molecule has 4 fully saturated rings. The van der Waals surface area contributed by atoms with Crippen LogP contribution in [0, 0.1) is 18.2 Å². The van der Waals surface area contributed by atoms with Gasteiger partial charge in [-0.25, -0.2) is 4.39 Å². The Morgan fingerprint density at radius 2 is 2.02 bits per heavy atom. The molecule has 244 valence electrons. The molecule has 10 heteroatoms. The van der Waals surface area contributed by atoms with Crippen molar-refractivity contribution in [1.82, 2.24) is 19.8 Å². The Balaban J connectivity index is 1.17. The fourth-order valence-electron chi connectivity index (χ4n) is 9.30. The zero-order valence-electron chi connectivity index (χ0n) is 26.5. The number of phenolic OH excluding ortho intramolecular Hbond substituents is 1. The van der Waals surface area contributed by atoms with Crippen molar-refractivity contribution in [3.8, 4) is 24.1 Å². The van der Waals surface area contributed by atoms with E-state index >= 15 is 0 Å². The number of amides is 1. The van der Waals surface area contributed by atoms with E-state index in [4.69, 9.17) is 21.1 Å². The number of anilines is 1. The number of carbonyl (C=O) groups excluding carboxylic acids is 1. The number of benzene rings is 2. The van der Waals surface area contributed by atoms with Crippen LogP contribution in [0.15, 0.2) is 36.9 Å². The average molecular weight is 638 g/mol. The van der Waals surface area contributed by atoms with Crippen LogP contribution in [0.1, 0.15) is 66.8 Å². The number of halogens is 1. The fraction of sp³-hybridized carbons (Fsp3) is 0.486. The summed E-state index contributed by atoms with van der Waals surface area (Å²) in [7, 11) is 0. The summed E-state index contributed by atoms with van der Waals surface area (Å²) in [6.07, 6.45) is 13.5. The number of piperazine rings is 1. The Kier molecular flexibility index (Phi) is 7.38. The summed E-state index contributed by atoms with van der Waals surface area (Å²) in [6, 6.07) is 6.16. The summed E-state index contributed by atoms with van der Waals surface area (Å²) in [5, 5.41) is 22.9. The van der Waals surface area contributed by atoms with Crippen molar-refractivity contribution < 1.29 is 24.1 Å². The number of rotatable bonds is 6. The van der Waals surface area contributed by atoms with E-state index in [1.54, 1.807) is 23.1 Å². The van der Waals surface area contributed by atoms with Crippen LogP contribution in [-0.4, -0.2) is 92.4 Å². The lowest BCUT2D eigenvalue weighted by atomic mass is 9.79. The maximum Gasteiger partial charge on any atom is 0.318 e. The Morgan fingerprint density at radius 1 is 1.21 bits per heavy atom. The number of hydrogen-bond acceptors (Lipinski definition) is 8. The van der Waals surface area contributed by atoms with Gasteiger partial charge in [0.05, 0.1) is 35.0 Å². The van der Waals surface area contributed by atoms with Gasteiger partial charge in [-0.1, -0.05) is 18.6 Å². The number of fused-ring (bicyclic) bond motifs is 5. The average Bonchev–Trinajstić information content (AvgIpc) is 3.71. The van der Waals surface area contributed by atoms with E-state index in [1.165, 1.54) is 12.1 Å². The van der Waals surface area contributed by atoms with Crippen molar-refractivity contribution in [3.63, 3.8) is 0 Å². The molecule has 47 heavy (non-hydrogen) atoms. The predicted octanol–water partition coefficient (Wildman–Crippen LogP) is 4.07. The molecule has 3 aromatic rings. The number of phenols is 1. The number of hydrogen-bond donors (Lipinski definition) is 2. The summed E-state index contributed by atoms with van der Waals surface area (Å²) >= 11 is 0. The molecular formula is C37H40FN5O4. The lowest BCUT2D eigenvalue weighted by Gasteiger charge is -2.42. The Hall–Kier alpha value is -4.20. The molecule has 1 aliphatic carbocycles. The van der Waals surface area contributed by atoms with Crippen LogP contribution in [0.3, 0.4) is 0 Å². The van der Waals surface area contributed by atoms with Gasteiger partial charge in [0.25, 0.3) is 0 Å². The van der Waals surface area contributed by atoms with E-state index in [9.17, 15) is 19.4 Å². The molecule has 0 saturated carbocycles. The van der Waals surface area contributed by atoms with Gasteiger partial charge in [0.1, 0.15) is 24.0 Å². The Labute approximate surface area is 274 Å². The summed E-state index contributed by atoms with van der Waals surface area (Å²) < 4.78 is 21.4. The van der Waals surface area contributed by atoms with Crippen LogP contribution in [0.25, 0.3) is 10.8 Å². The molecule has 4 saturated heterocycles. The van der Waals surface area contributed by atoms with Gasteiger partial charge in [-0.2, -0.15) is 9.97 Å². The molecule has 4 atom stereocenters. The van der Waals surface area contributed by atoms with Crippen molar-refractivity contribution in [2.24, 2.45) is 0 Å². The molecule has 2 aromatic carbocycles. The van der Waals surface area contributed by atoms with Crippen LogP contribution < -0.4 is 9.64 Å². The van der Waals surface area contributed by atoms with Gasteiger partial charge < -0.3 is 24.7 Å². The van der Waals surface area contributed by atoms with Crippen LogP contribution in [0.2, 0.25) is 0 Å². The molecule has 4 aliphatic heterocycles. The van der Waals surface area contributed by atoms with Gasteiger partial charge in [-0.3, -0.25) is 9.69 Å². The number of terminal acetylenes is 1. The normalized spacial score (nSPS) is 26.2. The standard InChI is InChI=1S/C37H40FN5O4/c1-3-26-29(38)10-8-23-15-25(44)18-28(34(23)26)22-7-9-27-30(16-22)39-36(47-21-37-11-5-13-42(37)14-6-12-37)40-35(27)41-19-24-17-32(45)31(20-41)43(24)33(46)4-2/h1,4,8,10,15,18,22,24,31-32,44-45H,2,5-7,9,11-14,16-17,19-21H2/t22-,24-,31-,32+/m1/s1. The highest BCUT2D eigenvalue weighted by Crippen LogP contribution is 2.44. The van der Waals surface area contributed by atoms with Crippen LogP contribution >= 0.6 is 0 Å². The topological polar surface area (TPSA) is 102 Å². The number of nitrogens with zero attached hydrogens (tertiary/aromatic N) is 5. The second-order valence-corrected chi connectivity index (χ2v) is 14.0. The summed E-state index contributed by atoms with van der Waals surface area (Å²) in [6.45, 7) is 7.39. The molecule has 5 aliphatic rings. The fourth-order valence-corrected chi connectivity index (χ4v) is 9.30. The third-order valence-corrected chi connectivity index (χ3v) is 11.5. The second kappa shape index (κ2) is 11.5. The first kappa shape index (κ1) is 30.2. The van der Waals surface area contributed by atoms with Crippen molar-refractivity contribution in [1.29, 1.82) is 0 Å². The van der Waals surface area contributed by atoms with Gasteiger partial charge in [0, 0.05) is 24.0 Å². The molecule has 1 amide bonds. The lowest BCUT2D eigenvalue weighted by Crippen LogP contribution is -2.57. The lowest BCUT2D eigenvalue weighted by molar-refractivity contribution is -0.130. The number of aliphatic hydroxyl groups is 1. The van der Waals surface area contributed by atoms with Crippen molar-refractivity contribution in [2.45, 2.75) is 81.0 Å². The molecule has 2 N–H and O–H groups in total. The third kappa shape index (κ3) is 4.94. The van der Waals surface area contributed by atoms with E-state index in [0.29, 0.717) is 55.7 Å². The van der Waals surface area contributed by atoms with Crippen LogP contribution in [-0.2, 0) is 17.6 Å². The summed E-state index contributed by atoms with van der Waals surface area (Å²) in [5.41, 5.74) is 2.93. The molecule has 2 bridgehead atoms. The van der Waals surface area contributed by atoms with Gasteiger partial charge in [-0.05, 0) is 106 Å². The molecule has 8 rings (SSSR count). The monoisotopic (exact) mass is 637 g/mol. The first-order chi connectivity index (χ1) is 22.8. The zero-order valence-corrected chi connectivity index (χ0v) is 26.5. The van der Waals surface area contributed by atoms with Crippen LogP contribution in [0.5, 0.6) is 11.8 Å². The van der Waals surface area contributed by atoms with Crippen molar-refractivity contribution >= 4 is 22.5 Å². The Bertz CT molecular complexity index is 1810. The number of carbonyl (C=O) groups is 1. The molecule has 0 radical (unpaired) electrons. The number of aromatic nitrogens is 2. The van der Waals surface area contributed by atoms with E-state index in [2.05, 4.69) is 22.3 Å². The first-order valence-corrected chi connectivity index (χ1v) is 16.9. The Morgan fingerprint density at radius 3 is 2.77 bits per heavy atom. The predicted molar refractivity (Wildman–Crippen MR) is 176 cm³/mol. The highest BCUT2D eigenvalue weighted by atomic mass is 19.1. The smallest absolute Gasteiger partial charge is 0.318 e. The molecule has 1 aromatic heterocycles. The van der Waals surface area contributed by atoms with E-state index in [-0.39, 0.29) is 40.8 Å². The molecule has 0 unspecified atom stereocenters. The van der Waals surface area contributed by atoms with Crippen LogP contribution in [0.4, 0.5) is 10.2 Å². The molecule has 9 nitrogen and oxygen atoms in total. The number of aliphatic hydroxyl groups excluding tert-OH is 1. The maximum absolute atomic E-state index is 14.9. The minimum atomic E-state index is -0.619. The number of aromatic hydroxyl groups is 1. The van der Waals surface area contributed by atoms with Gasteiger partial charge in [0.2, 0.25) is 5.91 Å². The van der Waals surface area contributed by atoms with Crippen molar-refractivity contribution in [3.05, 3.63) is 65.1 Å². The van der Waals surface area contributed by atoms with E-state index in [0.717, 1.165) is 67.8 Å². The zero-order chi connectivity index (χ0) is 32.4. The summed E-state index contributed by atoms with van der Waals surface area (Å²) in [5.74, 6) is 2.76. The van der Waals surface area contributed by atoms with E-state index < -0.39 is 11.9 Å². The molecular weight excluding hydrogens is 597 g/mol. The van der Waals surface area contributed by atoms with Gasteiger partial charge >= 0.3 is 6.01 Å². The number of ether oxygens (including phenoxy) is 1. The minimum Gasteiger partial charge on any atom is -0.508 e. The SMILES string of the molecule is C#Cc1c(F)ccc2cc(O)cc([C@@H]3CCc4c(nc(OCC56CCCN5CCC6)nc4N4C[C@H]5C[C@H](O)[C@@H](C4)N5C(=O)C=C)C3)c12. The third-order valence-electron chi connectivity index (χ3n) is 11.5. The van der Waals surface area contributed by atoms with Crippen molar-refractivity contribution in [2.75, 3.05) is 37.7 Å². The van der Waals surface area contributed by atoms with E-state index in [1.807, 2.05) is 0 Å². The highest BCUT2D eigenvalue weighted by Gasteiger charge is 2.49. The van der Waals surface area contributed by atoms with Gasteiger partial charge in [-0.15, -0.1) is 6.42 Å². The minimum absolute atomic E-state index is 0.0258. The summed E-state index contributed by atoms with van der Waals surface area (Å²) in [4.78, 5) is 29.3. The first-order valence-electron chi connectivity index (χ1n) is 16.9. The highest BCUT2D eigenvalue weighted by molar-refractivity contribution is 5.93. The second-order valence-electron chi connectivity index (χ2n) is 14.0. The quantitative estimate of drug-likeness (QED) is 0.308. The maximum atomic E-state index is 14.9. The molecule has 5 heterocycles. The molecule has 0 spiro atoms. The largest absolute Gasteiger partial charge is 0.508 e.